The summed E-state index contributed by atoms with van der Waals surface area (Å²) in [7, 11) is 0. The van der Waals surface area contributed by atoms with E-state index < -0.39 is 0 Å². The smallest absolute Gasteiger partial charge is 0.286 e. The molecule has 0 aliphatic rings. The van der Waals surface area contributed by atoms with Crippen LogP contribution >= 0.6 is 22.9 Å². The molecule has 0 fully saturated rings. The average molecular weight is 493 g/mol. The van der Waals surface area contributed by atoms with E-state index in [1.807, 2.05) is 37.3 Å². The highest BCUT2D eigenvalue weighted by molar-refractivity contribution is 7.13. The Morgan fingerprint density at radius 1 is 0.941 bits per heavy atom. The number of anilines is 1. The van der Waals surface area contributed by atoms with Gasteiger partial charge in [-0.05, 0) is 61.0 Å². The van der Waals surface area contributed by atoms with E-state index in [0.29, 0.717) is 27.0 Å². The molecule has 1 atom stereocenters. The lowest BCUT2D eigenvalue weighted by Gasteiger charge is -2.14. The lowest BCUT2D eigenvalue weighted by atomic mass is 10.1. The molecule has 2 amide bonds. The van der Waals surface area contributed by atoms with Crippen molar-refractivity contribution in [3.63, 3.8) is 0 Å². The van der Waals surface area contributed by atoms with Gasteiger partial charge in [0.15, 0.2) is 5.01 Å². The zero-order chi connectivity index (χ0) is 23.9. The first-order chi connectivity index (χ1) is 16.5. The summed E-state index contributed by atoms with van der Waals surface area (Å²) >= 11 is 7.01. The summed E-state index contributed by atoms with van der Waals surface area (Å²) in [6, 6.07) is 23.2. The minimum absolute atomic E-state index is 0.122. The quantitative estimate of drug-likeness (QED) is 0.338. The maximum atomic E-state index is 12.5. The number of hydrogen-bond donors (Lipinski definition) is 2. The van der Waals surface area contributed by atoms with Crippen LogP contribution in [0.1, 0.15) is 43.7 Å². The normalized spacial score (nSPS) is 11.5. The van der Waals surface area contributed by atoms with E-state index in [0.717, 1.165) is 16.9 Å². The van der Waals surface area contributed by atoms with Gasteiger partial charge in [-0.2, -0.15) is 0 Å². The molecule has 1 aromatic heterocycles. The molecule has 0 bridgehead atoms. The molecule has 0 unspecified atom stereocenters. The highest BCUT2D eigenvalue weighted by atomic mass is 35.5. The SMILES string of the molecule is C[C@@H](NC(=O)c1ccc(NC(=O)c2nnc(COc3ccc(Cl)cc3)s2)cc1)c1ccccc1. The Balaban J connectivity index is 1.30. The fourth-order valence-corrected chi connectivity index (χ4v) is 3.85. The lowest BCUT2D eigenvalue weighted by Crippen LogP contribution is -2.26. The fourth-order valence-electron chi connectivity index (χ4n) is 3.07. The van der Waals surface area contributed by atoms with Gasteiger partial charge in [-0.25, -0.2) is 0 Å². The number of benzene rings is 3. The zero-order valence-corrected chi connectivity index (χ0v) is 19.8. The molecule has 0 aliphatic heterocycles. The van der Waals surface area contributed by atoms with Crippen LogP contribution in [0.25, 0.3) is 0 Å². The number of amides is 2. The van der Waals surface area contributed by atoms with Gasteiger partial charge in [0.2, 0.25) is 5.01 Å². The van der Waals surface area contributed by atoms with E-state index in [9.17, 15) is 9.59 Å². The largest absolute Gasteiger partial charge is 0.486 e. The standard InChI is InChI=1S/C25H21ClN4O3S/c1-16(17-5-3-2-4-6-17)27-23(31)18-7-11-20(12-8-18)28-24(32)25-30-29-22(34-25)15-33-21-13-9-19(26)10-14-21/h2-14,16H,15H2,1H3,(H,27,31)(H,28,32)/t16-/m1/s1. The zero-order valence-electron chi connectivity index (χ0n) is 18.2. The third-order valence-corrected chi connectivity index (χ3v) is 6.04. The topological polar surface area (TPSA) is 93.2 Å². The number of aromatic nitrogens is 2. The molecule has 0 aliphatic carbocycles. The summed E-state index contributed by atoms with van der Waals surface area (Å²) in [5, 5.41) is 15.1. The maximum absolute atomic E-state index is 12.5. The van der Waals surface area contributed by atoms with Crippen molar-refractivity contribution < 1.29 is 14.3 Å². The van der Waals surface area contributed by atoms with Crippen molar-refractivity contribution in [2.45, 2.75) is 19.6 Å². The van der Waals surface area contributed by atoms with Crippen LogP contribution in [0, 0.1) is 0 Å². The molecule has 4 rings (SSSR count). The Morgan fingerprint density at radius 2 is 1.65 bits per heavy atom. The molecule has 9 heteroatoms. The van der Waals surface area contributed by atoms with Crippen LogP contribution in [-0.2, 0) is 6.61 Å². The number of ether oxygens (including phenoxy) is 1. The van der Waals surface area contributed by atoms with Crippen LogP contribution in [0.4, 0.5) is 5.69 Å². The third kappa shape index (κ3) is 6.18. The monoisotopic (exact) mass is 492 g/mol. The summed E-state index contributed by atoms with van der Waals surface area (Å²) in [4.78, 5) is 25.1. The van der Waals surface area contributed by atoms with E-state index in [1.165, 1.54) is 0 Å². The number of rotatable bonds is 8. The average Bonchev–Trinajstić information content (AvgIpc) is 3.34. The molecular formula is C25H21ClN4O3S. The summed E-state index contributed by atoms with van der Waals surface area (Å²) < 4.78 is 5.63. The second-order valence-corrected chi connectivity index (χ2v) is 8.88. The molecule has 4 aromatic rings. The van der Waals surface area contributed by atoms with E-state index in [4.69, 9.17) is 16.3 Å². The van der Waals surface area contributed by atoms with E-state index >= 15 is 0 Å². The van der Waals surface area contributed by atoms with E-state index in [-0.39, 0.29) is 29.5 Å². The second-order valence-electron chi connectivity index (χ2n) is 7.38. The molecule has 0 saturated carbocycles. The summed E-state index contributed by atoms with van der Waals surface area (Å²) in [5.41, 5.74) is 2.07. The van der Waals surface area contributed by atoms with Crippen LogP contribution in [0.5, 0.6) is 5.75 Å². The second kappa shape index (κ2) is 10.9. The Kier molecular flexibility index (Phi) is 7.51. The Labute approximate surface area is 205 Å². The Bertz CT molecular complexity index is 1260. The molecule has 172 valence electrons. The molecule has 0 spiro atoms. The predicted octanol–water partition coefficient (Wildman–Crippen LogP) is 5.51. The Morgan fingerprint density at radius 3 is 2.35 bits per heavy atom. The van der Waals surface area contributed by atoms with Crippen molar-refractivity contribution in [3.05, 3.63) is 105 Å². The minimum Gasteiger partial charge on any atom is -0.486 e. The van der Waals surface area contributed by atoms with Crippen molar-refractivity contribution >= 4 is 40.4 Å². The predicted molar refractivity (Wildman–Crippen MR) is 132 cm³/mol. The van der Waals surface area contributed by atoms with Crippen LogP contribution in [-0.4, -0.2) is 22.0 Å². The van der Waals surface area contributed by atoms with Gasteiger partial charge in [0.25, 0.3) is 11.8 Å². The molecule has 34 heavy (non-hydrogen) atoms. The molecule has 0 saturated heterocycles. The molecular weight excluding hydrogens is 472 g/mol. The van der Waals surface area contributed by atoms with Crippen LogP contribution < -0.4 is 15.4 Å². The number of hydrogen-bond acceptors (Lipinski definition) is 6. The van der Waals surface area contributed by atoms with Crippen molar-refractivity contribution in [2.75, 3.05) is 5.32 Å². The third-order valence-electron chi connectivity index (χ3n) is 4.89. The minimum atomic E-state index is -0.384. The Hall–Kier alpha value is -3.75. The van der Waals surface area contributed by atoms with Gasteiger partial charge in [0.05, 0.1) is 6.04 Å². The maximum Gasteiger partial charge on any atom is 0.286 e. The number of carbonyl (C=O) groups is 2. The fraction of sp³-hybridized carbons (Fsp3) is 0.120. The van der Waals surface area contributed by atoms with E-state index in [1.54, 1.807) is 48.5 Å². The number of carbonyl (C=O) groups excluding carboxylic acids is 2. The molecule has 7 nitrogen and oxygen atoms in total. The first-order valence-electron chi connectivity index (χ1n) is 10.5. The number of nitrogens with one attached hydrogen (secondary N) is 2. The summed E-state index contributed by atoms with van der Waals surface area (Å²) in [6.07, 6.45) is 0. The van der Waals surface area contributed by atoms with Gasteiger partial charge in [0, 0.05) is 16.3 Å². The molecule has 0 radical (unpaired) electrons. The van der Waals surface area contributed by atoms with Gasteiger partial charge in [-0.15, -0.1) is 10.2 Å². The highest BCUT2D eigenvalue weighted by Gasteiger charge is 2.15. The van der Waals surface area contributed by atoms with Crippen LogP contribution in [0.15, 0.2) is 78.9 Å². The van der Waals surface area contributed by atoms with Crippen molar-refractivity contribution in [1.29, 1.82) is 0 Å². The first kappa shape index (κ1) is 23.4. The van der Waals surface area contributed by atoms with Crippen molar-refractivity contribution in [2.24, 2.45) is 0 Å². The van der Waals surface area contributed by atoms with Gasteiger partial charge in [0.1, 0.15) is 12.4 Å². The number of halogens is 1. The highest BCUT2D eigenvalue weighted by Crippen LogP contribution is 2.19. The summed E-state index contributed by atoms with van der Waals surface area (Å²) in [6.45, 7) is 2.12. The van der Waals surface area contributed by atoms with Gasteiger partial charge in [-0.3, -0.25) is 9.59 Å². The van der Waals surface area contributed by atoms with E-state index in [2.05, 4.69) is 20.8 Å². The van der Waals surface area contributed by atoms with Gasteiger partial charge >= 0.3 is 0 Å². The van der Waals surface area contributed by atoms with Crippen molar-refractivity contribution in [1.82, 2.24) is 15.5 Å². The van der Waals surface area contributed by atoms with Crippen LogP contribution in [0.3, 0.4) is 0 Å². The summed E-state index contributed by atoms with van der Waals surface area (Å²) in [5.74, 6) is 0.0710. The number of nitrogens with zero attached hydrogens (tertiary/aromatic N) is 2. The van der Waals surface area contributed by atoms with Gasteiger partial charge < -0.3 is 15.4 Å². The van der Waals surface area contributed by atoms with Crippen LogP contribution in [0.2, 0.25) is 5.02 Å². The van der Waals surface area contributed by atoms with Crippen molar-refractivity contribution in [3.8, 4) is 5.75 Å². The van der Waals surface area contributed by atoms with Gasteiger partial charge in [-0.1, -0.05) is 53.3 Å². The first-order valence-corrected chi connectivity index (χ1v) is 11.7. The molecule has 2 N–H and O–H groups in total. The molecule has 1 heterocycles. The lowest BCUT2D eigenvalue weighted by molar-refractivity contribution is 0.0939. The molecule has 3 aromatic carbocycles.